The molecule has 0 aromatic carbocycles. The molecule has 1 aromatic heterocycles. The molecule has 2 rings (SSSR count). The van der Waals surface area contributed by atoms with Crippen molar-refractivity contribution in [2.45, 2.75) is 59.5 Å². The summed E-state index contributed by atoms with van der Waals surface area (Å²) in [6.45, 7) is 14.0. The maximum atomic E-state index is 12.6. The number of likely N-dealkylation sites (tertiary alicyclic amines) is 1. The minimum Gasteiger partial charge on any atom is -0.336 e. The van der Waals surface area contributed by atoms with Crippen LogP contribution in [0.5, 0.6) is 0 Å². The van der Waals surface area contributed by atoms with Crippen LogP contribution in [0.1, 0.15) is 56.6 Å². The normalized spacial score (nSPS) is 19.4. The van der Waals surface area contributed by atoms with Crippen LogP contribution < -0.4 is 5.32 Å². The van der Waals surface area contributed by atoms with E-state index >= 15 is 0 Å². The Morgan fingerprint density at radius 2 is 2.13 bits per heavy atom. The first kappa shape index (κ1) is 17.8. The molecule has 1 fully saturated rings. The van der Waals surface area contributed by atoms with Gasteiger partial charge in [-0.1, -0.05) is 13.8 Å². The van der Waals surface area contributed by atoms with Crippen LogP contribution in [0.25, 0.3) is 0 Å². The van der Waals surface area contributed by atoms with E-state index in [0.29, 0.717) is 12.6 Å². The number of aromatic nitrogens is 2. The predicted octanol–water partition coefficient (Wildman–Crippen LogP) is 2.60. The summed E-state index contributed by atoms with van der Waals surface area (Å²) in [5.74, 6) is 0. The molecule has 0 unspecified atom stereocenters. The quantitative estimate of drug-likeness (QED) is 0.846. The van der Waals surface area contributed by atoms with E-state index in [1.54, 1.807) is 0 Å². The van der Waals surface area contributed by atoms with Crippen molar-refractivity contribution in [1.29, 1.82) is 0 Å². The van der Waals surface area contributed by atoms with Crippen LogP contribution in [0.2, 0.25) is 0 Å². The number of hydrogen-bond acceptors (Lipinski definition) is 3. The number of aromatic amines is 1. The highest BCUT2D eigenvalue weighted by atomic mass is 16.2. The first-order chi connectivity index (χ1) is 11.0. The molecule has 2 amide bonds. The Labute approximate surface area is 139 Å². The third-order valence-corrected chi connectivity index (χ3v) is 5.02. The van der Waals surface area contributed by atoms with Crippen LogP contribution in [0.4, 0.5) is 4.79 Å². The Morgan fingerprint density at radius 3 is 2.70 bits per heavy atom. The van der Waals surface area contributed by atoms with Gasteiger partial charge in [-0.15, -0.1) is 0 Å². The lowest BCUT2D eigenvalue weighted by atomic mass is 10.0. The van der Waals surface area contributed by atoms with Crippen LogP contribution in [-0.2, 0) is 0 Å². The van der Waals surface area contributed by atoms with Gasteiger partial charge in [0.1, 0.15) is 0 Å². The smallest absolute Gasteiger partial charge is 0.317 e. The lowest BCUT2D eigenvalue weighted by molar-refractivity contribution is 0.182. The van der Waals surface area contributed by atoms with Crippen molar-refractivity contribution in [3.05, 3.63) is 17.0 Å². The average molecular weight is 321 g/mol. The van der Waals surface area contributed by atoms with Crippen LogP contribution in [0, 0.1) is 13.8 Å². The molecule has 0 radical (unpaired) electrons. The number of likely N-dealkylation sites (N-methyl/N-ethyl adjacent to an activating group) is 1. The molecule has 1 saturated heterocycles. The predicted molar refractivity (Wildman–Crippen MR) is 92.5 cm³/mol. The molecule has 6 nitrogen and oxygen atoms in total. The minimum absolute atomic E-state index is 0.0477. The molecule has 2 N–H and O–H groups in total. The molecule has 2 heterocycles. The average Bonchev–Trinajstić information content (AvgIpc) is 3.12. The molecule has 0 aliphatic carbocycles. The van der Waals surface area contributed by atoms with Gasteiger partial charge in [-0.25, -0.2) is 4.79 Å². The molecule has 1 aliphatic heterocycles. The Hall–Kier alpha value is -1.56. The molecule has 6 heteroatoms. The molecule has 1 aromatic rings. The first-order valence-corrected chi connectivity index (χ1v) is 8.79. The Balaban J connectivity index is 1.99. The van der Waals surface area contributed by atoms with Crippen molar-refractivity contribution in [2.24, 2.45) is 0 Å². The van der Waals surface area contributed by atoms with Crippen molar-refractivity contribution in [3.8, 4) is 0 Å². The molecular formula is C17H31N5O. The number of nitrogens with one attached hydrogen (secondary N) is 2. The van der Waals surface area contributed by atoms with Gasteiger partial charge in [-0.2, -0.15) is 5.10 Å². The summed E-state index contributed by atoms with van der Waals surface area (Å²) in [7, 11) is 0. The fourth-order valence-electron chi connectivity index (χ4n) is 3.67. The van der Waals surface area contributed by atoms with E-state index in [9.17, 15) is 4.79 Å². The van der Waals surface area contributed by atoms with E-state index < -0.39 is 0 Å². The number of carbonyl (C=O) groups is 1. The molecule has 1 aliphatic rings. The number of rotatable bonds is 6. The zero-order valence-corrected chi connectivity index (χ0v) is 15.1. The largest absolute Gasteiger partial charge is 0.336 e. The summed E-state index contributed by atoms with van der Waals surface area (Å²) in [5, 5.41) is 10.4. The Morgan fingerprint density at radius 1 is 1.43 bits per heavy atom. The molecular weight excluding hydrogens is 290 g/mol. The lowest BCUT2D eigenvalue weighted by Gasteiger charge is -2.29. The molecule has 130 valence electrons. The zero-order valence-electron chi connectivity index (χ0n) is 15.1. The van der Waals surface area contributed by atoms with Gasteiger partial charge in [-0.05, 0) is 46.7 Å². The summed E-state index contributed by atoms with van der Waals surface area (Å²) in [6.07, 6.45) is 2.06. The molecule has 23 heavy (non-hydrogen) atoms. The maximum absolute atomic E-state index is 12.6. The van der Waals surface area contributed by atoms with E-state index in [1.807, 2.05) is 18.7 Å². The molecule has 0 saturated carbocycles. The molecule has 0 bridgehead atoms. The number of amides is 2. The van der Waals surface area contributed by atoms with Crippen LogP contribution in [0.3, 0.4) is 0 Å². The van der Waals surface area contributed by atoms with Crippen LogP contribution in [-0.4, -0.2) is 58.2 Å². The number of aryl methyl sites for hydroxylation is 2. The number of carbonyl (C=O) groups excluding carboxylic acids is 1. The third kappa shape index (κ3) is 3.86. The van der Waals surface area contributed by atoms with Gasteiger partial charge in [0.25, 0.3) is 0 Å². The van der Waals surface area contributed by atoms with Crippen molar-refractivity contribution < 1.29 is 4.79 Å². The topological polar surface area (TPSA) is 64.3 Å². The summed E-state index contributed by atoms with van der Waals surface area (Å²) < 4.78 is 0. The van der Waals surface area contributed by atoms with E-state index in [-0.39, 0.29) is 12.1 Å². The number of nitrogens with zero attached hydrogens (tertiary/aromatic N) is 3. The van der Waals surface area contributed by atoms with E-state index in [4.69, 9.17) is 0 Å². The van der Waals surface area contributed by atoms with Crippen molar-refractivity contribution in [2.75, 3.05) is 26.2 Å². The lowest BCUT2D eigenvalue weighted by Crippen LogP contribution is -2.46. The van der Waals surface area contributed by atoms with Gasteiger partial charge in [0.05, 0.1) is 11.7 Å². The minimum atomic E-state index is 0.0477. The van der Waals surface area contributed by atoms with E-state index in [1.165, 1.54) is 5.56 Å². The standard InChI is InChI=1S/C17H31N5O/c1-6-21(7-2)12(3)11-18-17(23)22-10-8-9-15(22)16-13(4)19-20-14(16)5/h12,15H,6-11H2,1-5H3,(H,18,23)(H,19,20)/t12-,15+/m1/s1. The van der Waals surface area contributed by atoms with Gasteiger partial charge >= 0.3 is 6.03 Å². The fourth-order valence-corrected chi connectivity index (χ4v) is 3.67. The van der Waals surface area contributed by atoms with Crippen molar-refractivity contribution in [1.82, 2.24) is 25.3 Å². The SMILES string of the molecule is CCN(CC)[C@H](C)CNC(=O)N1CCC[C@H]1c1c(C)n[nH]c1C. The van der Waals surface area contributed by atoms with E-state index in [2.05, 4.69) is 41.2 Å². The highest BCUT2D eigenvalue weighted by Crippen LogP contribution is 2.34. The third-order valence-electron chi connectivity index (χ3n) is 5.02. The van der Waals surface area contributed by atoms with E-state index in [0.717, 1.165) is 43.9 Å². The highest BCUT2D eigenvalue weighted by Gasteiger charge is 2.33. The first-order valence-electron chi connectivity index (χ1n) is 8.79. The Bertz CT molecular complexity index is 504. The molecule has 0 spiro atoms. The zero-order chi connectivity index (χ0) is 17.0. The second-order valence-electron chi connectivity index (χ2n) is 6.46. The van der Waals surface area contributed by atoms with Crippen LogP contribution in [0.15, 0.2) is 0 Å². The summed E-state index contributed by atoms with van der Waals surface area (Å²) >= 11 is 0. The summed E-state index contributed by atoms with van der Waals surface area (Å²) in [6, 6.07) is 0.552. The summed E-state index contributed by atoms with van der Waals surface area (Å²) in [4.78, 5) is 17.0. The summed E-state index contributed by atoms with van der Waals surface area (Å²) in [5.41, 5.74) is 3.27. The number of urea groups is 1. The monoisotopic (exact) mass is 321 g/mol. The van der Waals surface area contributed by atoms with Gasteiger partial charge < -0.3 is 10.2 Å². The van der Waals surface area contributed by atoms with Gasteiger partial charge in [0.2, 0.25) is 0 Å². The highest BCUT2D eigenvalue weighted by molar-refractivity contribution is 5.75. The van der Waals surface area contributed by atoms with Crippen molar-refractivity contribution >= 4 is 6.03 Å². The maximum Gasteiger partial charge on any atom is 0.317 e. The molecule has 2 atom stereocenters. The van der Waals surface area contributed by atoms with Crippen LogP contribution >= 0.6 is 0 Å². The van der Waals surface area contributed by atoms with Gasteiger partial charge in [0, 0.05) is 30.4 Å². The van der Waals surface area contributed by atoms with Gasteiger partial charge in [-0.3, -0.25) is 10.00 Å². The number of hydrogen-bond donors (Lipinski definition) is 2. The fraction of sp³-hybridized carbons (Fsp3) is 0.765. The number of H-pyrrole nitrogens is 1. The second-order valence-corrected chi connectivity index (χ2v) is 6.46. The second kappa shape index (κ2) is 7.81. The Kier molecular flexibility index (Phi) is 6.04. The van der Waals surface area contributed by atoms with Gasteiger partial charge in [0.15, 0.2) is 0 Å². The van der Waals surface area contributed by atoms with Crippen molar-refractivity contribution in [3.63, 3.8) is 0 Å².